The molecule has 0 aromatic heterocycles. The van der Waals surface area contributed by atoms with Gasteiger partial charge in [-0.15, -0.1) is 11.8 Å². The normalized spacial score (nSPS) is 24.9. The van der Waals surface area contributed by atoms with Gasteiger partial charge in [-0.2, -0.15) is 0 Å². The van der Waals surface area contributed by atoms with E-state index in [1.807, 2.05) is 0 Å². The molecule has 2 unspecified atom stereocenters. The van der Waals surface area contributed by atoms with Crippen LogP contribution >= 0.6 is 11.8 Å². The summed E-state index contributed by atoms with van der Waals surface area (Å²) < 4.78 is 16.9. The van der Waals surface area contributed by atoms with Crippen LogP contribution in [0.25, 0.3) is 0 Å². The molecule has 1 fully saturated rings. The lowest BCUT2D eigenvalue weighted by atomic mass is 10.0. The molecule has 116 valence electrons. The molecule has 0 saturated carbocycles. The maximum atomic E-state index is 5.69. The highest BCUT2D eigenvalue weighted by Gasteiger charge is 2.20. The van der Waals surface area contributed by atoms with E-state index in [9.17, 15) is 0 Å². The summed E-state index contributed by atoms with van der Waals surface area (Å²) in [7, 11) is 0. The monoisotopic (exact) mass is 309 g/mol. The summed E-state index contributed by atoms with van der Waals surface area (Å²) in [6.07, 6.45) is 4.63. The molecule has 3 rings (SSSR count). The minimum absolute atomic E-state index is 0.358. The Bertz CT molecular complexity index is 495. The molecule has 1 aromatic carbocycles. The van der Waals surface area contributed by atoms with Crippen LogP contribution in [0.3, 0.4) is 0 Å². The third-order valence-corrected chi connectivity index (χ3v) is 4.83. The Morgan fingerprint density at radius 2 is 1.95 bits per heavy atom. The van der Waals surface area contributed by atoms with Crippen molar-refractivity contribution in [3.63, 3.8) is 0 Å². The van der Waals surface area contributed by atoms with Gasteiger partial charge in [0, 0.05) is 24.1 Å². The van der Waals surface area contributed by atoms with Crippen molar-refractivity contribution in [1.82, 2.24) is 5.32 Å². The largest absolute Gasteiger partial charge is 0.486 e. The van der Waals surface area contributed by atoms with E-state index in [1.54, 1.807) is 11.8 Å². The molecule has 0 bridgehead atoms. The molecule has 2 atom stereocenters. The van der Waals surface area contributed by atoms with Crippen molar-refractivity contribution >= 4 is 11.8 Å². The van der Waals surface area contributed by atoms with E-state index in [-0.39, 0.29) is 0 Å². The summed E-state index contributed by atoms with van der Waals surface area (Å²) in [5.74, 6) is 1.74. The van der Waals surface area contributed by atoms with Crippen molar-refractivity contribution < 1.29 is 14.2 Å². The van der Waals surface area contributed by atoms with Crippen LogP contribution in [0.15, 0.2) is 17.0 Å². The molecule has 5 heteroatoms. The Hall–Kier alpha value is -0.910. The first-order valence-electron chi connectivity index (χ1n) is 7.57. The van der Waals surface area contributed by atoms with E-state index in [0.29, 0.717) is 25.4 Å². The second-order valence-corrected chi connectivity index (χ2v) is 6.44. The van der Waals surface area contributed by atoms with Gasteiger partial charge in [0.05, 0.1) is 6.10 Å². The van der Waals surface area contributed by atoms with Gasteiger partial charge in [0.1, 0.15) is 13.2 Å². The SMILES string of the molecule is CSc1cc2c(cc1CNC1CCOC(C)C1)OCCO2. The van der Waals surface area contributed by atoms with Crippen molar-refractivity contribution in [3.8, 4) is 11.5 Å². The summed E-state index contributed by atoms with van der Waals surface area (Å²) in [5, 5.41) is 3.66. The zero-order valence-corrected chi connectivity index (χ0v) is 13.5. The van der Waals surface area contributed by atoms with Gasteiger partial charge >= 0.3 is 0 Å². The second kappa shape index (κ2) is 6.90. The summed E-state index contributed by atoms with van der Waals surface area (Å²) in [4.78, 5) is 1.26. The molecule has 2 aliphatic rings. The predicted molar refractivity (Wildman–Crippen MR) is 84.5 cm³/mol. The molecular weight excluding hydrogens is 286 g/mol. The van der Waals surface area contributed by atoms with Crippen LogP contribution in [-0.4, -0.2) is 38.2 Å². The number of rotatable bonds is 4. The first-order valence-corrected chi connectivity index (χ1v) is 8.80. The van der Waals surface area contributed by atoms with Crippen LogP contribution < -0.4 is 14.8 Å². The highest BCUT2D eigenvalue weighted by Crippen LogP contribution is 2.36. The Balaban J connectivity index is 1.69. The molecule has 1 saturated heterocycles. The van der Waals surface area contributed by atoms with Gasteiger partial charge in [-0.25, -0.2) is 0 Å². The average Bonchev–Trinajstić information content (AvgIpc) is 2.52. The summed E-state index contributed by atoms with van der Waals surface area (Å²) in [6.45, 7) is 5.14. The third-order valence-electron chi connectivity index (χ3n) is 4.01. The van der Waals surface area contributed by atoms with E-state index in [4.69, 9.17) is 14.2 Å². The minimum atomic E-state index is 0.358. The van der Waals surface area contributed by atoms with Gasteiger partial charge < -0.3 is 19.5 Å². The van der Waals surface area contributed by atoms with Crippen LogP contribution in [-0.2, 0) is 11.3 Å². The zero-order valence-electron chi connectivity index (χ0n) is 12.7. The van der Waals surface area contributed by atoms with Crippen LogP contribution in [0, 0.1) is 0 Å². The highest BCUT2D eigenvalue weighted by atomic mass is 32.2. The molecule has 0 amide bonds. The van der Waals surface area contributed by atoms with Crippen molar-refractivity contribution in [3.05, 3.63) is 17.7 Å². The fourth-order valence-electron chi connectivity index (χ4n) is 2.88. The number of thioether (sulfide) groups is 1. The second-order valence-electron chi connectivity index (χ2n) is 5.59. The van der Waals surface area contributed by atoms with Crippen LogP contribution in [0.5, 0.6) is 11.5 Å². The van der Waals surface area contributed by atoms with Crippen molar-refractivity contribution in [1.29, 1.82) is 0 Å². The lowest BCUT2D eigenvalue weighted by Gasteiger charge is -2.28. The zero-order chi connectivity index (χ0) is 14.7. The van der Waals surface area contributed by atoms with Gasteiger partial charge in [0.2, 0.25) is 0 Å². The lowest BCUT2D eigenvalue weighted by molar-refractivity contribution is 0.0130. The molecule has 2 aliphatic heterocycles. The highest BCUT2D eigenvalue weighted by molar-refractivity contribution is 7.98. The molecule has 0 aliphatic carbocycles. The number of nitrogens with one attached hydrogen (secondary N) is 1. The lowest BCUT2D eigenvalue weighted by Crippen LogP contribution is -2.37. The first-order chi connectivity index (χ1) is 10.3. The topological polar surface area (TPSA) is 39.7 Å². The van der Waals surface area contributed by atoms with E-state index < -0.39 is 0 Å². The van der Waals surface area contributed by atoms with Gasteiger partial charge in [-0.1, -0.05) is 0 Å². The molecule has 21 heavy (non-hydrogen) atoms. The number of benzene rings is 1. The van der Waals surface area contributed by atoms with Crippen LogP contribution in [0.2, 0.25) is 0 Å². The van der Waals surface area contributed by atoms with Crippen molar-refractivity contribution in [2.24, 2.45) is 0 Å². The smallest absolute Gasteiger partial charge is 0.162 e. The molecular formula is C16H23NO3S. The summed E-state index contributed by atoms with van der Waals surface area (Å²) >= 11 is 1.76. The van der Waals surface area contributed by atoms with Crippen LogP contribution in [0.1, 0.15) is 25.3 Å². The Morgan fingerprint density at radius 3 is 2.67 bits per heavy atom. The standard InChI is InChI=1S/C16H23NO3S/c1-11-7-13(3-4-18-11)17-10-12-8-14-15(9-16(12)21-2)20-6-5-19-14/h8-9,11,13,17H,3-7,10H2,1-2H3. The third kappa shape index (κ3) is 3.65. The van der Waals surface area contributed by atoms with Crippen molar-refractivity contribution in [2.75, 3.05) is 26.1 Å². The number of ether oxygens (including phenoxy) is 3. The maximum Gasteiger partial charge on any atom is 0.162 e. The quantitative estimate of drug-likeness (QED) is 0.866. The Morgan fingerprint density at radius 1 is 1.19 bits per heavy atom. The van der Waals surface area contributed by atoms with Gasteiger partial charge in [-0.3, -0.25) is 0 Å². The van der Waals surface area contributed by atoms with Gasteiger partial charge in [0.25, 0.3) is 0 Å². The van der Waals surface area contributed by atoms with Gasteiger partial charge in [-0.05, 0) is 43.7 Å². The van der Waals surface area contributed by atoms with Crippen molar-refractivity contribution in [2.45, 2.75) is 43.4 Å². The summed E-state index contributed by atoms with van der Waals surface area (Å²) in [6, 6.07) is 4.76. The maximum absolute atomic E-state index is 5.69. The minimum Gasteiger partial charge on any atom is -0.486 e. The van der Waals surface area contributed by atoms with E-state index in [0.717, 1.165) is 37.5 Å². The summed E-state index contributed by atoms with van der Waals surface area (Å²) in [5.41, 5.74) is 1.28. The molecule has 1 N–H and O–H groups in total. The molecule has 2 heterocycles. The number of hydrogen-bond acceptors (Lipinski definition) is 5. The average molecular weight is 309 g/mol. The molecule has 1 aromatic rings. The van der Waals surface area contributed by atoms with Gasteiger partial charge in [0.15, 0.2) is 11.5 Å². The Labute approximate surface area is 130 Å². The Kier molecular flexibility index (Phi) is 4.93. The number of hydrogen-bond donors (Lipinski definition) is 1. The molecule has 4 nitrogen and oxygen atoms in total. The molecule has 0 spiro atoms. The first kappa shape index (κ1) is 15.0. The molecule has 0 radical (unpaired) electrons. The number of fused-ring (bicyclic) bond motifs is 1. The van der Waals surface area contributed by atoms with E-state index in [2.05, 4.69) is 30.6 Å². The fourth-order valence-corrected chi connectivity index (χ4v) is 3.50. The van der Waals surface area contributed by atoms with E-state index in [1.165, 1.54) is 10.5 Å². The fraction of sp³-hybridized carbons (Fsp3) is 0.625. The van der Waals surface area contributed by atoms with E-state index >= 15 is 0 Å². The van der Waals surface area contributed by atoms with Crippen LogP contribution in [0.4, 0.5) is 0 Å². The predicted octanol–water partition coefficient (Wildman–Crippen LogP) is 2.84.